The lowest BCUT2D eigenvalue weighted by Crippen LogP contribution is -2.44. The molecule has 1 aliphatic carbocycles. The van der Waals surface area contributed by atoms with Crippen LogP contribution < -0.4 is 13.8 Å². The Kier molecular flexibility index (Phi) is 6.16. The van der Waals surface area contributed by atoms with Crippen LogP contribution in [0.25, 0.3) is 0 Å². The van der Waals surface area contributed by atoms with Crippen LogP contribution in [0.3, 0.4) is 0 Å². The van der Waals surface area contributed by atoms with Gasteiger partial charge in [-0.2, -0.15) is 0 Å². The molecule has 0 heterocycles. The average Bonchev–Trinajstić information content (AvgIpc) is 3.11. The summed E-state index contributed by atoms with van der Waals surface area (Å²) < 4.78 is 36.1. The highest BCUT2D eigenvalue weighted by atomic mass is 32.2. The number of ether oxygens (including phenoxy) is 2. The molecular weight excluding hydrogens is 344 g/mol. The summed E-state index contributed by atoms with van der Waals surface area (Å²) >= 11 is 0. The van der Waals surface area contributed by atoms with Gasteiger partial charge in [0, 0.05) is 19.2 Å². The number of likely N-dealkylation sites (N-methyl/N-ethyl adjacent to an activating group) is 1. The first-order valence-corrected chi connectivity index (χ1v) is 10.1. The number of nitrogens with zero attached hydrogens (tertiary/aromatic N) is 2. The van der Waals surface area contributed by atoms with Crippen LogP contribution in [-0.2, 0) is 14.8 Å². The zero-order valence-electron chi connectivity index (χ0n) is 15.2. The largest absolute Gasteiger partial charge is 0.497 e. The second-order valence-corrected chi connectivity index (χ2v) is 8.16. The Bertz CT molecular complexity index is 714. The Morgan fingerprint density at radius 3 is 2.36 bits per heavy atom. The summed E-state index contributed by atoms with van der Waals surface area (Å²) in [6, 6.07) is 5.01. The first kappa shape index (κ1) is 19.4. The van der Waals surface area contributed by atoms with Crippen LogP contribution in [0.4, 0.5) is 5.69 Å². The lowest BCUT2D eigenvalue weighted by Gasteiger charge is -2.29. The summed E-state index contributed by atoms with van der Waals surface area (Å²) in [6.45, 7) is -0.255. The molecule has 8 heteroatoms. The van der Waals surface area contributed by atoms with Crippen molar-refractivity contribution < 1.29 is 22.7 Å². The normalized spacial score (nSPS) is 15.0. The van der Waals surface area contributed by atoms with Gasteiger partial charge in [-0.05, 0) is 25.0 Å². The van der Waals surface area contributed by atoms with Crippen LogP contribution in [0.5, 0.6) is 11.5 Å². The maximum atomic E-state index is 12.6. The highest BCUT2D eigenvalue weighted by molar-refractivity contribution is 7.92. The van der Waals surface area contributed by atoms with E-state index in [9.17, 15) is 13.2 Å². The van der Waals surface area contributed by atoms with Crippen LogP contribution in [0.15, 0.2) is 18.2 Å². The molecule has 7 nitrogen and oxygen atoms in total. The molecule has 2 rings (SSSR count). The van der Waals surface area contributed by atoms with E-state index in [2.05, 4.69) is 0 Å². The van der Waals surface area contributed by atoms with Crippen molar-refractivity contribution in [3.63, 3.8) is 0 Å². The molecule has 1 fully saturated rings. The molecule has 0 saturated heterocycles. The molecule has 25 heavy (non-hydrogen) atoms. The van der Waals surface area contributed by atoms with Crippen molar-refractivity contribution in [3.8, 4) is 11.5 Å². The molecule has 1 aromatic carbocycles. The summed E-state index contributed by atoms with van der Waals surface area (Å²) in [7, 11) is 1.05. The molecule has 1 saturated carbocycles. The van der Waals surface area contributed by atoms with E-state index in [1.54, 1.807) is 30.1 Å². The smallest absolute Gasteiger partial charge is 0.243 e. The molecule has 0 aliphatic heterocycles. The first-order chi connectivity index (χ1) is 11.8. The Labute approximate surface area is 149 Å². The lowest BCUT2D eigenvalue weighted by molar-refractivity contribution is -0.130. The van der Waals surface area contributed by atoms with Crippen LogP contribution >= 0.6 is 0 Å². The molecule has 0 aromatic heterocycles. The minimum Gasteiger partial charge on any atom is -0.497 e. The van der Waals surface area contributed by atoms with Crippen molar-refractivity contribution in [1.29, 1.82) is 0 Å². The second kappa shape index (κ2) is 7.95. The number of carbonyl (C=O) groups is 1. The molecular formula is C17H26N2O5S. The molecule has 0 bridgehead atoms. The van der Waals surface area contributed by atoms with Crippen LogP contribution in [0.1, 0.15) is 25.7 Å². The number of carbonyl (C=O) groups excluding carboxylic acids is 1. The fourth-order valence-electron chi connectivity index (χ4n) is 3.10. The molecule has 1 amide bonds. The van der Waals surface area contributed by atoms with Crippen LogP contribution in [0.2, 0.25) is 0 Å². The first-order valence-electron chi connectivity index (χ1n) is 8.23. The fraction of sp³-hybridized carbons (Fsp3) is 0.588. The van der Waals surface area contributed by atoms with Crippen molar-refractivity contribution in [2.45, 2.75) is 31.7 Å². The Balaban J connectivity index is 2.29. The van der Waals surface area contributed by atoms with Gasteiger partial charge in [0.1, 0.15) is 18.0 Å². The zero-order valence-corrected chi connectivity index (χ0v) is 16.0. The minimum atomic E-state index is -3.66. The third kappa shape index (κ3) is 4.56. The zero-order chi connectivity index (χ0) is 18.6. The van der Waals surface area contributed by atoms with Gasteiger partial charge in [0.15, 0.2) is 0 Å². The van der Waals surface area contributed by atoms with Gasteiger partial charge in [0.2, 0.25) is 15.9 Å². The summed E-state index contributed by atoms with van der Waals surface area (Å²) in [6.07, 6.45) is 5.22. The highest BCUT2D eigenvalue weighted by Gasteiger charge is 2.29. The average molecular weight is 370 g/mol. The Morgan fingerprint density at radius 1 is 1.20 bits per heavy atom. The minimum absolute atomic E-state index is 0.187. The van der Waals surface area contributed by atoms with E-state index in [-0.39, 0.29) is 18.5 Å². The molecule has 1 aliphatic rings. The summed E-state index contributed by atoms with van der Waals surface area (Å²) in [5.41, 5.74) is 0.318. The highest BCUT2D eigenvalue weighted by Crippen LogP contribution is 2.33. The van der Waals surface area contributed by atoms with Gasteiger partial charge in [-0.25, -0.2) is 8.42 Å². The number of anilines is 1. The maximum absolute atomic E-state index is 12.6. The predicted molar refractivity (Wildman–Crippen MR) is 96.8 cm³/mol. The van der Waals surface area contributed by atoms with Crippen LogP contribution in [-0.4, -0.2) is 59.3 Å². The summed E-state index contributed by atoms with van der Waals surface area (Å²) in [5.74, 6) is 0.653. The molecule has 0 radical (unpaired) electrons. The second-order valence-electron chi connectivity index (χ2n) is 6.25. The van der Waals surface area contributed by atoms with Crippen LogP contribution in [0, 0.1) is 0 Å². The molecule has 140 valence electrons. The van der Waals surface area contributed by atoms with Crippen molar-refractivity contribution in [2.75, 3.05) is 38.4 Å². The van der Waals surface area contributed by atoms with Crippen molar-refractivity contribution in [2.24, 2.45) is 0 Å². The maximum Gasteiger partial charge on any atom is 0.243 e. The van der Waals surface area contributed by atoms with Gasteiger partial charge in [0.25, 0.3) is 0 Å². The van der Waals surface area contributed by atoms with Crippen molar-refractivity contribution in [1.82, 2.24) is 4.90 Å². The molecule has 0 spiro atoms. The van der Waals surface area contributed by atoms with E-state index >= 15 is 0 Å². The van der Waals surface area contributed by atoms with E-state index in [1.807, 2.05) is 0 Å². The van der Waals surface area contributed by atoms with Gasteiger partial charge in [-0.3, -0.25) is 9.10 Å². The molecule has 0 N–H and O–H groups in total. The number of hydrogen-bond acceptors (Lipinski definition) is 5. The van der Waals surface area contributed by atoms with Gasteiger partial charge in [0.05, 0.1) is 26.2 Å². The molecule has 1 aromatic rings. The topological polar surface area (TPSA) is 76.2 Å². The standard InChI is InChI=1S/C17H26N2O5S/c1-18(13-7-5-6-8-13)17(20)12-19(25(4,21)22)15-10-9-14(23-2)11-16(15)24-3/h9-11,13H,5-8,12H2,1-4H3. The number of amides is 1. The van der Waals surface area contributed by atoms with E-state index < -0.39 is 10.0 Å². The Hall–Kier alpha value is -1.96. The fourth-order valence-corrected chi connectivity index (χ4v) is 3.95. The van der Waals surface area contributed by atoms with Crippen molar-refractivity contribution >= 4 is 21.6 Å². The van der Waals surface area contributed by atoms with E-state index in [4.69, 9.17) is 9.47 Å². The van der Waals surface area contributed by atoms with E-state index in [0.29, 0.717) is 17.2 Å². The quantitative estimate of drug-likeness (QED) is 0.732. The van der Waals surface area contributed by atoms with Gasteiger partial charge in [-0.1, -0.05) is 12.8 Å². The van der Waals surface area contributed by atoms with E-state index in [0.717, 1.165) is 36.2 Å². The van der Waals surface area contributed by atoms with Gasteiger partial charge < -0.3 is 14.4 Å². The van der Waals surface area contributed by atoms with Crippen molar-refractivity contribution in [3.05, 3.63) is 18.2 Å². The van der Waals surface area contributed by atoms with E-state index in [1.165, 1.54) is 14.2 Å². The Morgan fingerprint density at radius 2 is 1.84 bits per heavy atom. The number of hydrogen-bond donors (Lipinski definition) is 0. The molecule has 0 atom stereocenters. The summed E-state index contributed by atoms with van der Waals surface area (Å²) in [5, 5.41) is 0. The number of methoxy groups -OCH3 is 2. The number of benzene rings is 1. The third-order valence-electron chi connectivity index (χ3n) is 4.60. The lowest BCUT2D eigenvalue weighted by atomic mass is 10.2. The van der Waals surface area contributed by atoms with Gasteiger partial charge in [-0.15, -0.1) is 0 Å². The SMILES string of the molecule is COc1ccc(N(CC(=O)N(C)C2CCCC2)S(C)(=O)=O)c(OC)c1. The van der Waals surface area contributed by atoms with Gasteiger partial charge >= 0.3 is 0 Å². The monoisotopic (exact) mass is 370 g/mol. The summed E-state index contributed by atoms with van der Waals surface area (Å²) in [4.78, 5) is 14.3. The predicted octanol–water partition coefficient (Wildman–Crippen LogP) is 1.87. The third-order valence-corrected chi connectivity index (χ3v) is 5.73. The molecule has 0 unspecified atom stereocenters. The number of rotatable bonds is 7. The number of sulfonamides is 1.